The van der Waals surface area contributed by atoms with Crippen molar-refractivity contribution < 1.29 is 4.79 Å². The Morgan fingerprint density at radius 2 is 1.86 bits per heavy atom. The van der Waals surface area contributed by atoms with Gasteiger partial charge in [0.25, 0.3) is 0 Å². The largest absolute Gasteiger partial charge is 0.353 e. The Kier molecular flexibility index (Phi) is 11.5. The molecule has 1 saturated carbocycles. The predicted octanol–water partition coefficient (Wildman–Crippen LogP) is 3.83. The molecular weight excluding hydrogens is 272 g/mol. The lowest BCUT2D eigenvalue weighted by Gasteiger charge is -2.29. The van der Waals surface area contributed by atoms with Gasteiger partial charge < -0.3 is 11.1 Å². The zero-order valence-electron chi connectivity index (χ0n) is 15.0. The third-order valence-electron chi connectivity index (χ3n) is 3.91. The Morgan fingerprint density at radius 3 is 2.45 bits per heavy atom. The van der Waals surface area contributed by atoms with Gasteiger partial charge in [0.2, 0.25) is 5.91 Å². The van der Waals surface area contributed by atoms with Crippen LogP contribution in [-0.2, 0) is 11.2 Å². The highest BCUT2D eigenvalue weighted by Gasteiger charge is 2.22. The highest BCUT2D eigenvalue weighted by Crippen LogP contribution is 2.23. The van der Waals surface area contributed by atoms with Crippen LogP contribution in [0, 0.1) is 12.8 Å². The predicted molar refractivity (Wildman–Crippen MR) is 95.9 cm³/mol. The van der Waals surface area contributed by atoms with Crippen LogP contribution in [-0.4, -0.2) is 19.0 Å². The van der Waals surface area contributed by atoms with Crippen LogP contribution >= 0.6 is 0 Å². The molecule has 0 heterocycles. The van der Waals surface area contributed by atoms with Crippen molar-refractivity contribution in [1.82, 2.24) is 5.32 Å². The van der Waals surface area contributed by atoms with Crippen molar-refractivity contribution in [2.45, 2.75) is 65.8 Å². The molecule has 0 radical (unpaired) electrons. The number of amides is 1. The second-order valence-electron chi connectivity index (χ2n) is 5.60. The number of aryl methyl sites for hydroxylation is 1. The van der Waals surface area contributed by atoms with Gasteiger partial charge in [-0.3, -0.25) is 4.79 Å². The molecule has 126 valence electrons. The lowest BCUT2D eigenvalue weighted by atomic mass is 9.86. The molecule has 1 aromatic carbocycles. The van der Waals surface area contributed by atoms with Crippen LogP contribution < -0.4 is 11.1 Å². The van der Waals surface area contributed by atoms with E-state index in [0.717, 1.165) is 12.0 Å². The standard InChI is InChI=1S/C16H23NO.C2H6.CH5N/c1-12-6-5-8-14(10-12)11-16(18)17-15-9-4-3-7-13(15)2;2*1-2/h5-6,8,10,13,15H,3-4,7,9,11H2,1-2H3,(H,17,18);1-2H3;2H2,1H3. The van der Waals surface area contributed by atoms with Gasteiger partial charge in [-0.1, -0.05) is 63.4 Å². The fourth-order valence-electron chi connectivity index (χ4n) is 2.80. The first-order valence-corrected chi connectivity index (χ1v) is 8.58. The second-order valence-corrected chi connectivity index (χ2v) is 5.60. The van der Waals surface area contributed by atoms with Gasteiger partial charge in [0.15, 0.2) is 0 Å². The molecule has 2 atom stereocenters. The van der Waals surface area contributed by atoms with E-state index in [1.165, 1.54) is 31.9 Å². The van der Waals surface area contributed by atoms with Gasteiger partial charge in [-0.15, -0.1) is 0 Å². The highest BCUT2D eigenvalue weighted by atomic mass is 16.1. The number of nitrogens with two attached hydrogens (primary N) is 1. The fourth-order valence-corrected chi connectivity index (χ4v) is 2.80. The molecule has 1 aliphatic rings. The summed E-state index contributed by atoms with van der Waals surface area (Å²) < 4.78 is 0. The lowest BCUT2D eigenvalue weighted by Crippen LogP contribution is -2.41. The summed E-state index contributed by atoms with van der Waals surface area (Å²) in [6, 6.07) is 8.57. The van der Waals surface area contributed by atoms with E-state index in [1.807, 2.05) is 26.0 Å². The first-order chi connectivity index (χ1) is 10.6. The average Bonchev–Trinajstić information content (AvgIpc) is 2.53. The lowest BCUT2D eigenvalue weighted by molar-refractivity contribution is -0.121. The van der Waals surface area contributed by atoms with E-state index in [2.05, 4.69) is 37.0 Å². The molecule has 1 aromatic rings. The fraction of sp³-hybridized carbons (Fsp3) is 0.632. The van der Waals surface area contributed by atoms with Crippen molar-refractivity contribution in [3.05, 3.63) is 35.4 Å². The molecule has 0 saturated heterocycles. The van der Waals surface area contributed by atoms with Crippen molar-refractivity contribution in [3.8, 4) is 0 Å². The summed E-state index contributed by atoms with van der Waals surface area (Å²) >= 11 is 0. The minimum atomic E-state index is 0.166. The molecule has 1 amide bonds. The Balaban J connectivity index is 0.00000102. The van der Waals surface area contributed by atoms with E-state index in [4.69, 9.17) is 0 Å². The van der Waals surface area contributed by atoms with Crippen LogP contribution in [0.4, 0.5) is 0 Å². The van der Waals surface area contributed by atoms with Gasteiger partial charge in [0.05, 0.1) is 6.42 Å². The summed E-state index contributed by atoms with van der Waals surface area (Å²) in [4.78, 5) is 12.0. The van der Waals surface area contributed by atoms with Crippen LogP contribution in [0.3, 0.4) is 0 Å². The maximum atomic E-state index is 12.0. The molecule has 0 bridgehead atoms. The molecule has 2 rings (SSSR count). The zero-order chi connectivity index (χ0) is 17.0. The van der Waals surface area contributed by atoms with Gasteiger partial charge in [-0.05, 0) is 38.3 Å². The van der Waals surface area contributed by atoms with Crippen LogP contribution in [0.5, 0.6) is 0 Å². The maximum Gasteiger partial charge on any atom is 0.224 e. The Morgan fingerprint density at radius 1 is 1.23 bits per heavy atom. The number of hydrogen-bond acceptors (Lipinski definition) is 2. The molecule has 22 heavy (non-hydrogen) atoms. The molecular formula is C19H34N2O. The van der Waals surface area contributed by atoms with Crippen molar-refractivity contribution in [1.29, 1.82) is 0 Å². The van der Waals surface area contributed by atoms with Crippen molar-refractivity contribution >= 4 is 5.91 Å². The second kappa shape index (κ2) is 12.2. The van der Waals surface area contributed by atoms with Crippen LogP contribution in [0.2, 0.25) is 0 Å². The number of carbonyl (C=O) groups excluding carboxylic acids is 1. The van der Waals surface area contributed by atoms with Gasteiger partial charge in [-0.2, -0.15) is 0 Å². The van der Waals surface area contributed by atoms with Crippen molar-refractivity contribution in [2.75, 3.05) is 7.05 Å². The van der Waals surface area contributed by atoms with E-state index in [1.54, 1.807) is 0 Å². The topological polar surface area (TPSA) is 55.1 Å². The number of hydrogen-bond donors (Lipinski definition) is 2. The quantitative estimate of drug-likeness (QED) is 0.891. The normalized spacial score (nSPS) is 19.9. The summed E-state index contributed by atoms with van der Waals surface area (Å²) in [6.45, 7) is 8.31. The summed E-state index contributed by atoms with van der Waals surface area (Å²) in [5.41, 5.74) is 6.82. The summed E-state index contributed by atoms with van der Waals surface area (Å²) in [6.07, 6.45) is 5.45. The molecule has 0 aromatic heterocycles. The van der Waals surface area contributed by atoms with E-state index in [-0.39, 0.29) is 5.91 Å². The monoisotopic (exact) mass is 306 g/mol. The van der Waals surface area contributed by atoms with Crippen LogP contribution in [0.25, 0.3) is 0 Å². The smallest absolute Gasteiger partial charge is 0.224 e. The minimum Gasteiger partial charge on any atom is -0.353 e. The van der Waals surface area contributed by atoms with Crippen LogP contribution in [0.15, 0.2) is 24.3 Å². The van der Waals surface area contributed by atoms with Crippen LogP contribution in [0.1, 0.15) is 57.6 Å². The zero-order valence-corrected chi connectivity index (χ0v) is 15.0. The molecule has 1 fully saturated rings. The molecule has 3 N–H and O–H groups in total. The van der Waals surface area contributed by atoms with E-state index in [9.17, 15) is 4.79 Å². The SMILES string of the molecule is CC.CN.Cc1cccc(CC(=O)NC2CCCCC2C)c1. The number of rotatable bonds is 3. The van der Waals surface area contributed by atoms with Gasteiger partial charge in [0, 0.05) is 6.04 Å². The van der Waals surface area contributed by atoms with Gasteiger partial charge in [0.1, 0.15) is 0 Å². The summed E-state index contributed by atoms with van der Waals surface area (Å²) in [7, 11) is 1.50. The average molecular weight is 306 g/mol. The molecule has 3 nitrogen and oxygen atoms in total. The maximum absolute atomic E-state index is 12.0. The Hall–Kier alpha value is -1.35. The Labute approximate surface area is 136 Å². The minimum absolute atomic E-state index is 0.166. The van der Waals surface area contributed by atoms with E-state index >= 15 is 0 Å². The number of nitrogens with one attached hydrogen (secondary N) is 1. The molecule has 0 spiro atoms. The first-order valence-electron chi connectivity index (χ1n) is 8.58. The number of carbonyl (C=O) groups is 1. The van der Waals surface area contributed by atoms with Gasteiger partial charge in [-0.25, -0.2) is 0 Å². The van der Waals surface area contributed by atoms with E-state index in [0.29, 0.717) is 18.4 Å². The molecule has 3 heteroatoms. The third-order valence-corrected chi connectivity index (χ3v) is 3.91. The van der Waals surface area contributed by atoms with Crippen molar-refractivity contribution in [2.24, 2.45) is 11.7 Å². The van der Waals surface area contributed by atoms with E-state index < -0.39 is 0 Å². The molecule has 1 aliphatic carbocycles. The van der Waals surface area contributed by atoms with Crippen molar-refractivity contribution in [3.63, 3.8) is 0 Å². The van der Waals surface area contributed by atoms with Gasteiger partial charge >= 0.3 is 0 Å². The molecule has 2 unspecified atom stereocenters. The third kappa shape index (κ3) is 7.60. The number of benzene rings is 1. The highest BCUT2D eigenvalue weighted by molar-refractivity contribution is 5.78. The Bertz CT molecular complexity index is 418. The first kappa shape index (κ1) is 20.6. The summed E-state index contributed by atoms with van der Waals surface area (Å²) in [5.74, 6) is 0.791. The molecule has 0 aliphatic heterocycles. The summed E-state index contributed by atoms with van der Waals surface area (Å²) in [5, 5.41) is 3.20.